The molecule has 1 aromatic carbocycles. The van der Waals surface area contributed by atoms with E-state index in [1.807, 2.05) is 18.2 Å². The number of nitrogens with one attached hydrogen (secondary N) is 1. The number of methoxy groups -OCH3 is 1. The van der Waals surface area contributed by atoms with E-state index in [1.54, 1.807) is 7.11 Å². The molecule has 0 spiro atoms. The topological polar surface area (TPSA) is 41.6 Å². The molecule has 1 saturated carbocycles. The normalized spacial score (nSPS) is 22.2. The molecule has 0 aromatic heterocycles. The first-order valence-electron chi connectivity index (χ1n) is 9.43. The number of carbonyl (C=O) groups excluding carboxylic acids is 1. The van der Waals surface area contributed by atoms with E-state index in [9.17, 15) is 4.79 Å². The summed E-state index contributed by atoms with van der Waals surface area (Å²) < 4.78 is 5.49. The number of rotatable bonds is 5. The number of amides is 1. The lowest BCUT2D eigenvalue weighted by molar-refractivity contribution is -0.123. The van der Waals surface area contributed by atoms with Crippen molar-refractivity contribution >= 4 is 11.6 Å². The van der Waals surface area contributed by atoms with E-state index in [2.05, 4.69) is 16.3 Å². The van der Waals surface area contributed by atoms with Gasteiger partial charge in [-0.2, -0.15) is 0 Å². The van der Waals surface area contributed by atoms with Gasteiger partial charge in [-0.15, -0.1) is 0 Å². The molecule has 1 N–H and O–H groups in total. The Balaban J connectivity index is 1.54. The molecule has 4 heteroatoms. The lowest BCUT2D eigenvalue weighted by Gasteiger charge is -2.35. The van der Waals surface area contributed by atoms with Gasteiger partial charge in [-0.1, -0.05) is 31.4 Å². The van der Waals surface area contributed by atoms with Crippen molar-refractivity contribution in [1.29, 1.82) is 0 Å². The van der Waals surface area contributed by atoms with Crippen LogP contribution in [0.4, 0.5) is 5.69 Å². The van der Waals surface area contributed by atoms with Crippen molar-refractivity contribution in [1.82, 2.24) is 5.32 Å². The average molecular weight is 330 g/mol. The molecule has 1 aromatic rings. The smallest absolute Gasteiger partial charge is 0.220 e. The van der Waals surface area contributed by atoms with Gasteiger partial charge in [-0.3, -0.25) is 4.79 Å². The Kier molecular flexibility index (Phi) is 6.00. The van der Waals surface area contributed by atoms with E-state index in [4.69, 9.17) is 4.74 Å². The SMILES string of the molecule is COc1ccccc1N1CCCC(NC(=O)CC2CCCCC2)C1. The Labute approximate surface area is 145 Å². The van der Waals surface area contributed by atoms with Gasteiger partial charge < -0.3 is 15.0 Å². The molecular weight excluding hydrogens is 300 g/mol. The molecule has 3 rings (SSSR count). The minimum Gasteiger partial charge on any atom is -0.495 e. The van der Waals surface area contributed by atoms with Crippen LogP contribution >= 0.6 is 0 Å². The van der Waals surface area contributed by atoms with E-state index in [1.165, 1.54) is 32.1 Å². The van der Waals surface area contributed by atoms with Crippen LogP contribution in [0.25, 0.3) is 0 Å². The maximum atomic E-state index is 12.4. The largest absolute Gasteiger partial charge is 0.495 e. The summed E-state index contributed by atoms with van der Waals surface area (Å²) in [6.07, 6.45) is 9.27. The number of piperidine rings is 1. The zero-order chi connectivity index (χ0) is 16.8. The highest BCUT2D eigenvalue weighted by Gasteiger charge is 2.24. The second kappa shape index (κ2) is 8.41. The third kappa shape index (κ3) is 4.43. The van der Waals surface area contributed by atoms with E-state index in [-0.39, 0.29) is 11.9 Å². The lowest BCUT2D eigenvalue weighted by atomic mass is 9.86. The van der Waals surface area contributed by atoms with Gasteiger partial charge in [0.1, 0.15) is 5.75 Å². The Morgan fingerprint density at radius 3 is 2.75 bits per heavy atom. The summed E-state index contributed by atoms with van der Waals surface area (Å²) >= 11 is 0. The molecular formula is C20H30N2O2. The summed E-state index contributed by atoms with van der Waals surface area (Å²) in [4.78, 5) is 14.7. The molecule has 1 atom stereocenters. The molecule has 1 aliphatic carbocycles. The van der Waals surface area contributed by atoms with Crippen LogP contribution < -0.4 is 15.0 Å². The van der Waals surface area contributed by atoms with E-state index >= 15 is 0 Å². The molecule has 1 heterocycles. The van der Waals surface area contributed by atoms with Crippen molar-refractivity contribution in [2.24, 2.45) is 5.92 Å². The summed E-state index contributed by atoms with van der Waals surface area (Å²) in [5, 5.41) is 3.28. The Morgan fingerprint density at radius 1 is 1.17 bits per heavy atom. The van der Waals surface area contributed by atoms with E-state index < -0.39 is 0 Å². The van der Waals surface area contributed by atoms with Gasteiger partial charge in [0.15, 0.2) is 0 Å². The second-order valence-corrected chi connectivity index (χ2v) is 7.23. The highest BCUT2D eigenvalue weighted by atomic mass is 16.5. The molecule has 1 saturated heterocycles. The number of ether oxygens (including phenoxy) is 1. The Hall–Kier alpha value is -1.71. The predicted molar refractivity (Wildman–Crippen MR) is 97.6 cm³/mol. The molecule has 1 amide bonds. The summed E-state index contributed by atoms with van der Waals surface area (Å²) in [6, 6.07) is 8.39. The van der Waals surface area contributed by atoms with Crippen LogP contribution in [0.5, 0.6) is 5.75 Å². The highest BCUT2D eigenvalue weighted by molar-refractivity contribution is 5.76. The third-order valence-corrected chi connectivity index (χ3v) is 5.41. The zero-order valence-corrected chi connectivity index (χ0v) is 14.8. The number of hydrogen-bond acceptors (Lipinski definition) is 3. The standard InChI is InChI=1S/C20H30N2O2/c1-24-19-12-6-5-11-18(19)22-13-7-10-17(15-22)21-20(23)14-16-8-3-2-4-9-16/h5-6,11-12,16-17H,2-4,7-10,13-15H2,1H3,(H,21,23). The fraction of sp³-hybridized carbons (Fsp3) is 0.650. The second-order valence-electron chi connectivity index (χ2n) is 7.23. The van der Waals surface area contributed by atoms with Gasteiger partial charge >= 0.3 is 0 Å². The van der Waals surface area contributed by atoms with Crippen molar-refractivity contribution in [3.8, 4) is 5.75 Å². The molecule has 1 aliphatic heterocycles. The molecule has 1 unspecified atom stereocenters. The van der Waals surface area contributed by atoms with E-state index in [0.717, 1.165) is 37.4 Å². The molecule has 24 heavy (non-hydrogen) atoms. The minimum atomic E-state index is 0.244. The van der Waals surface area contributed by atoms with E-state index in [0.29, 0.717) is 12.3 Å². The van der Waals surface area contributed by atoms with Crippen LogP contribution in [0.15, 0.2) is 24.3 Å². The van der Waals surface area contributed by atoms with Crippen LogP contribution in [0, 0.1) is 5.92 Å². The van der Waals surface area contributed by atoms with Crippen LogP contribution in [-0.2, 0) is 4.79 Å². The quantitative estimate of drug-likeness (QED) is 0.894. The fourth-order valence-electron chi connectivity index (χ4n) is 4.14. The summed E-state index contributed by atoms with van der Waals surface area (Å²) in [5.41, 5.74) is 1.13. The predicted octanol–water partition coefficient (Wildman–Crippen LogP) is 3.75. The monoisotopic (exact) mass is 330 g/mol. The molecule has 0 bridgehead atoms. The summed E-state index contributed by atoms with van der Waals surface area (Å²) in [7, 11) is 1.71. The van der Waals surface area contributed by atoms with Crippen molar-refractivity contribution in [3.63, 3.8) is 0 Å². The fourth-order valence-corrected chi connectivity index (χ4v) is 4.14. The number of para-hydroxylation sites is 2. The summed E-state index contributed by atoms with van der Waals surface area (Å²) in [5.74, 6) is 1.76. The molecule has 2 aliphatic rings. The minimum absolute atomic E-state index is 0.244. The average Bonchev–Trinajstić information content (AvgIpc) is 2.62. The first-order chi connectivity index (χ1) is 11.8. The summed E-state index contributed by atoms with van der Waals surface area (Å²) in [6.45, 7) is 1.89. The van der Waals surface area contributed by atoms with Crippen molar-refractivity contribution in [2.75, 3.05) is 25.1 Å². The van der Waals surface area contributed by atoms with Crippen LogP contribution in [0.3, 0.4) is 0 Å². The zero-order valence-electron chi connectivity index (χ0n) is 14.8. The van der Waals surface area contributed by atoms with Gasteiger partial charge in [0, 0.05) is 25.6 Å². The van der Waals surface area contributed by atoms with Crippen LogP contribution in [0.1, 0.15) is 51.4 Å². The van der Waals surface area contributed by atoms with Gasteiger partial charge in [0.05, 0.1) is 12.8 Å². The number of carbonyl (C=O) groups is 1. The van der Waals surface area contributed by atoms with Crippen LogP contribution in [-0.4, -0.2) is 32.1 Å². The van der Waals surface area contributed by atoms with Crippen LogP contribution in [0.2, 0.25) is 0 Å². The maximum Gasteiger partial charge on any atom is 0.220 e. The van der Waals surface area contributed by atoms with Crippen molar-refractivity contribution in [3.05, 3.63) is 24.3 Å². The van der Waals surface area contributed by atoms with Crippen molar-refractivity contribution in [2.45, 2.75) is 57.4 Å². The number of hydrogen-bond donors (Lipinski definition) is 1. The number of nitrogens with zero attached hydrogens (tertiary/aromatic N) is 1. The molecule has 4 nitrogen and oxygen atoms in total. The highest BCUT2D eigenvalue weighted by Crippen LogP contribution is 2.30. The maximum absolute atomic E-state index is 12.4. The number of benzene rings is 1. The first-order valence-corrected chi connectivity index (χ1v) is 9.43. The molecule has 132 valence electrons. The molecule has 0 radical (unpaired) electrons. The van der Waals surface area contributed by atoms with Gasteiger partial charge in [-0.25, -0.2) is 0 Å². The van der Waals surface area contributed by atoms with Crippen molar-refractivity contribution < 1.29 is 9.53 Å². The Bertz CT molecular complexity index is 540. The lowest BCUT2D eigenvalue weighted by Crippen LogP contribution is -2.48. The Morgan fingerprint density at radius 2 is 1.96 bits per heavy atom. The molecule has 2 fully saturated rings. The number of anilines is 1. The first kappa shape index (κ1) is 17.1. The van der Waals surface area contributed by atoms with Gasteiger partial charge in [-0.05, 0) is 43.7 Å². The van der Waals surface area contributed by atoms with Gasteiger partial charge in [0.2, 0.25) is 5.91 Å². The third-order valence-electron chi connectivity index (χ3n) is 5.41. The van der Waals surface area contributed by atoms with Gasteiger partial charge in [0.25, 0.3) is 0 Å².